The van der Waals surface area contributed by atoms with Crippen LogP contribution in [-0.4, -0.2) is 42.7 Å². The van der Waals surface area contributed by atoms with Crippen molar-refractivity contribution in [3.8, 4) is 11.5 Å². The van der Waals surface area contributed by atoms with Crippen molar-refractivity contribution >= 4 is 33.2 Å². The number of amides is 1. The summed E-state index contributed by atoms with van der Waals surface area (Å²) in [6, 6.07) is 9.71. The molecular weight excluding hydrogens is 446 g/mol. The van der Waals surface area contributed by atoms with Crippen LogP contribution in [0.25, 0.3) is 0 Å². The molecule has 0 aromatic heterocycles. The maximum atomic E-state index is 12.9. The molecule has 2 atom stereocenters. The highest BCUT2D eigenvalue weighted by Crippen LogP contribution is 2.37. The molecule has 0 aliphatic heterocycles. The van der Waals surface area contributed by atoms with Crippen molar-refractivity contribution < 1.29 is 22.9 Å². The van der Waals surface area contributed by atoms with E-state index < -0.39 is 32.8 Å². The predicted molar refractivity (Wildman–Crippen MR) is 116 cm³/mol. The van der Waals surface area contributed by atoms with Gasteiger partial charge in [-0.25, -0.2) is 8.42 Å². The number of anilines is 1. The van der Waals surface area contributed by atoms with Crippen molar-refractivity contribution in [3.63, 3.8) is 0 Å². The molecule has 0 heterocycles. The average Bonchev–Trinajstić information content (AvgIpc) is 3.53. The SMILES string of the molecule is CCN(CC)S(=O)(=O)c1ccc(Oc2ccc(Cl)cc2)c(NC(=O)C2CC2[N+](=O)[O-])c1. The van der Waals surface area contributed by atoms with Gasteiger partial charge < -0.3 is 10.1 Å². The van der Waals surface area contributed by atoms with Gasteiger partial charge in [0, 0.05) is 29.5 Å². The predicted octanol–water partition coefficient (Wildman–Crippen LogP) is 3.77. The lowest BCUT2D eigenvalue weighted by Crippen LogP contribution is -2.30. The van der Waals surface area contributed by atoms with Gasteiger partial charge in [0.05, 0.1) is 10.6 Å². The lowest BCUT2D eigenvalue weighted by atomic mass is 10.2. The largest absolute Gasteiger partial charge is 0.455 e. The number of rotatable bonds is 9. The number of ether oxygens (including phenoxy) is 1. The summed E-state index contributed by atoms with van der Waals surface area (Å²) in [5, 5.41) is 14.0. The smallest absolute Gasteiger partial charge is 0.243 e. The molecule has 1 amide bonds. The topological polar surface area (TPSA) is 119 Å². The lowest BCUT2D eigenvalue weighted by Gasteiger charge is -2.20. The molecule has 0 spiro atoms. The molecular formula is C20H22ClN3O6S. The number of halogens is 1. The van der Waals surface area contributed by atoms with Gasteiger partial charge in [0.15, 0.2) is 5.75 Å². The highest BCUT2D eigenvalue weighted by molar-refractivity contribution is 7.89. The van der Waals surface area contributed by atoms with Crippen LogP contribution in [0.4, 0.5) is 5.69 Å². The minimum Gasteiger partial charge on any atom is -0.455 e. The van der Waals surface area contributed by atoms with E-state index in [4.69, 9.17) is 16.3 Å². The van der Waals surface area contributed by atoms with Crippen molar-refractivity contribution in [2.24, 2.45) is 5.92 Å². The van der Waals surface area contributed by atoms with E-state index in [0.29, 0.717) is 10.8 Å². The van der Waals surface area contributed by atoms with Crippen LogP contribution in [-0.2, 0) is 14.8 Å². The zero-order valence-electron chi connectivity index (χ0n) is 16.9. The molecule has 2 unspecified atom stereocenters. The van der Waals surface area contributed by atoms with Gasteiger partial charge in [0.2, 0.25) is 22.0 Å². The average molecular weight is 468 g/mol. The molecule has 1 aliphatic carbocycles. The summed E-state index contributed by atoms with van der Waals surface area (Å²) < 4.78 is 32.9. The lowest BCUT2D eigenvalue weighted by molar-refractivity contribution is -0.497. The summed E-state index contributed by atoms with van der Waals surface area (Å²) in [5.41, 5.74) is 0.113. The minimum absolute atomic E-state index is 0.0171. The Kier molecular flexibility index (Phi) is 6.83. The van der Waals surface area contributed by atoms with Crippen LogP contribution in [0.2, 0.25) is 5.02 Å². The Hall–Kier alpha value is -2.69. The number of benzene rings is 2. The fourth-order valence-electron chi connectivity index (χ4n) is 3.12. The third kappa shape index (κ3) is 5.15. The fourth-order valence-corrected chi connectivity index (χ4v) is 4.73. The Morgan fingerprint density at radius 1 is 1.23 bits per heavy atom. The van der Waals surface area contributed by atoms with Gasteiger partial charge in [0.1, 0.15) is 11.7 Å². The van der Waals surface area contributed by atoms with E-state index in [0.717, 1.165) is 0 Å². The molecule has 11 heteroatoms. The van der Waals surface area contributed by atoms with Gasteiger partial charge >= 0.3 is 0 Å². The van der Waals surface area contributed by atoms with Crippen LogP contribution in [0.1, 0.15) is 20.3 Å². The monoisotopic (exact) mass is 467 g/mol. The van der Waals surface area contributed by atoms with Crippen LogP contribution >= 0.6 is 11.6 Å². The minimum atomic E-state index is -3.78. The third-order valence-electron chi connectivity index (χ3n) is 4.96. The second kappa shape index (κ2) is 9.21. The fraction of sp³-hybridized carbons (Fsp3) is 0.350. The summed E-state index contributed by atoms with van der Waals surface area (Å²) in [6.07, 6.45) is 0.143. The number of nitrogens with one attached hydrogen (secondary N) is 1. The normalized spacial score (nSPS) is 17.9. The van der Waals surface area contributed by atoms with Crippen molar-refractivity contribution in [3.05, 3.63) is 57.6 Å². The summed E-state index contributed by atoms with van der Waals surface area (Å²) in [5.74, 6) is -0.692. The number of carbonyl (C=O) groups excluding carboxylic acids is 1. The molecule has 3 rings (SSSR count). The van der Waals surface area contributed by atoms with Gasteiger partial charge in [-0.05, 0) is 42.5 Å². The van der Waals surface area contributed by atoms with Crippen LogP contribution in [0.5, 0.6) is 11.5 Å². The van der Waals surface area contributed by atoms with E-state index in [1.54, 1.807) is 38.1 Å². The standard InChI is InChI=1S/C20H22ClN3O6S/c1-3-23(4-2)31(28,29)15-9-10-19(30-14-7-5-13(21)6-8-14)17(11-15)22-20(25)16-12-18(16)24(26)27/h5-11,16,18H,3-4,12H2,1-2H3,(H,22,25). The summed E-state index contributed by atoms with van der Waals surface area (Å²) in [6.45, 7) is 4.03. The van der Waals surface area contributed by atoms with Crippen molar-refractivity contribution in [1.82, 2.24) is 4.31 Å². The maximum absolute atomic E-state index is 12.9. The van der Waals surface area contributed by atoms with E-state index in [1.165, 1.54) is 22.5 Å². The number of sulfonamides is 1. The number of nitrogens with zero attached hydrogens (tertiary/aromatic N) is 2. The molecule has 0 radical (unpaired) electrons. The van der Waals surface area contributed by atoms with Crippen LogP contribution in [0.15, 0.2) is 47.4 Å². The van der Waals surface area contributed by atoms with Crippen molar-refractivity contribution in [1.29, 1.82) is 0 Å². The van der Waals surface area contributed by atoms with Crippen molar-refractivity contribution in [2.45, 2.75) is 31.2 Å². The quantitative estimate of drug-likeness (QED) is 0.443. The van der Waals surface area contributed by atoms with Gasteiger partial charge in [-0.1, -0.05) is 25.4 Å². The van der Waals surface area contributed by atoms with E-state index >= 15 is 0 Å². The van der Waals surface area contributed by atoms with Crippen molar-refractivity contribution in [2.75, 3.05) is 18.4 Å². The molecule has 1 fully saturated rings. The number of carbonyl (C=O) groups is 1. The number of hydrogen-bond acceptors (Lipinski definition) is 6. The molecule has 31 heavy (non-hydrogen) atoms. The second-order valence-corrected chi connectivity index (χ2v) is 9.36. The third-order valence-corrected chi connectivity index (χ3v) is 7.26. The molecule has 2 aromatic rings. The van der Waals surface area contributed by atoms with E-state index in [2.05, 4.69) is 5.32 Å². The maximum Gasteiger partial charge on any atom is 0.243 e. The first-order valence-corrected chi connectivity index (χ1v) is 11.5. The Bertz CT molecular complexity index is 1090. The Morgan fingerprint density at radius 3 is 2.42 bits per heavy atom. The molecule has 1 saturated carbocycles. The summed E-state index contributed by atoms with van der Waals surface area (Å²) in [4.78, 5) is 22.9. The zero-order valence-corrected chi connectivity index (χ0v) is 18.5. The number of hydrogen-bond donors (Lipinski definition) is 1. The van der Waals surface area contributed by atoms with Crippen LogP contribution < -0.4 is 10.1 Å². The number of nitro groups is 1. The first-order valence-electron chi connectivity index (χ1n) is 9.69. The molecule has 1 aliphatic rings. The molecule has 0 bridgehead atoms. The van der Waals surface area contributed by atoms with Crippen LogP contribution in [0.3, 0.4) is 0 Å². The second-order valence-electron chi connectivity index (χ2n) is 6.99. The van der Waals surface area contributed by atoms with Gasteiger partial charge in [-0.15, -0.1) is 0 Å². The van der Waals surface area contributed by atoms with E-state index in [1.807, 2.05) is 0 Å². The molecule has 0 saturated heterocycles. The highest BCUT2D eigenvalue weighted by atomic mass is 35.5. The van der Waals surface area contributed by atoms with Gasteiger partial charge in [-0.3, -0.25) is 14.9 Å². The summed E-state index contributed by atoms with van der Waals surface area (Å²) in [7, 11) is -3.78. The molecule has 1 N–H and O–H groups in total. The molecule has 9 nitrogen and oxygen atoms in total. The Morgan fingerprint density at radius 2 is 1.87 bits per heavy atom. The molecule has 2 aromatic carbocycles. The molecule has 166 valence electrons. The Balaban J connectivity index is 1.95. The summed E-state index contributed by atoms with van der Waals surface area (Å²) >= 11 is 5.88. The van der Waals surface area contributed by atoms with Crippen LogP contribution in [0, 0.1) is 16.0 Å². The first-order chi connectivity index (χ1) is 14.7. The van der Waals surface area contributed by atoms with E-state index in [9.17, 15) is 23.3 Å². The zero-order chi connectivity index (χ0) is 22.8. The highest BCUT2D eigenvalue weighted by Gasteiger charge is 2.53. The first kappa shape index (κ1) is 23.0. The van der Waals surface area contributed by atoms with Gasteiger partial charge in [-0.2, -0.15) is 4.31 Å². The van der Waals surface area contributed by atoms with E-state index in [-0.39, 0.29) is 35.8 Å². The Labute approximate surface area is 185 Å². The van der Waals surface area contributed by atoms with Gasteiger partial charge in [0.25, 0.3) is 0 Å².